The van der Waals surface area contributed by atoms with Gasteiger partial charge in [0.1, 0.15) is 4.60 Å². The normalized spacial score (nSPS) is 22.3. The molecule has 0 bridgehead atoms. The highest BCUT2D eigenvalue weighted by Crippen LogP contribution is 2.29. The SMILES string of the molecule is CC1CN(c2nccc(-c3cnc4cnc(Br)cn34)n2)C(C)C(c2cn[nH]c2)N1. The van der Waals surface area contributed by atoms with Gasteiger partial charge in [-0.1, -0.05) is 0 Å². The fourth-order valence-electron chi connectivity index (χ4n) is 3.89. The molecule has 2 N–H and O–H groups in total. The standard InChI is InChI=1S/C19H20BrN9/c1-11-9-28(12(2)18(26-11)13-5-24-25-6-13)19-21-4-3-14(27-19)15-7-23-17-8-22-16(20)10-29(15)17/h3-8,10-12,18,26H,9H2,1-2H3,(H,24,25). The number of hydrogen-bond donors (Lipinski definition) is 2. The van der Waals surface area contributed by atoms with Crippen LogP contribution in [0.25, 0.3) is 17.0 Å². The molecule has 0 radical (unpaired) electrons. The number of halogens is 1. The van der Waals surface area contributed by atoms with Gasteiger partial charge in [0.2, 0.25) is 5.95 Å². The van der Waals surface area contributed by atoms with Gasteiger partial charge in [-0.3, -0.25) is 9.50 Å². The molecule has 10 heteroatoms. The van der Waals surface area contributed by atoms with Gasteiger partial charge in [-0.05, 0) is 35.8 Å². The Balaban J connectivity index is 1.52. The quantitative estimate of drug-likeness (QED) is 0.491. The molecule has 1 aliphatic rings. The van der Waals surface area contributed by atoms with Crippen LogP contribution < -0.4 is 10.2 Å². The van der Waals surface area contributed by atoms with Gasteiger partial charge in [0.05, 0.1) is 36.0 Å². The fourth-order valence-corrected chi connectivity index (χ4v) is 4.20. The molecule has 0 aromatic carbocycles. The Hall–Kier alpha value is -2.85. The average molecular weight is 454 g/mol. The number of piperazine rings is 1. The third-order valence-electron chi connectivity index (χ3n) is 5.31. The van der Waals surface area contributed by atoms with E-state index in [-0.39, 0.29) is 18.1 Å². The predicted molar refractivity (Wildman–Crippen MR) is 112 cm³/mol. The van der Waals surface area contributed by atoms with Crippen molar-refractivity contribution in [3.05, 3.63) is 53.4 Å². The summed E-state index contributed by atoms with van der Waals surface area (Å²) in [6.45, 7) is 5.18. The molecule has 148 valence electrons. The summed E-state index contributed by atoms with van der Waals surface area (Å²) in [5, 5.41) is 10.7. The first-order valence-corrected chi connectivity index (χ1v) is 10.2. The topological polar surface area (TPSA) is 99.9 Å². The van der Waals surface area contributed by atoms with Crippen molar-refractivity contribution in [3.8, 4) is 11.4 Å². The Morgan fingerprint density at radius 3 is 2.86 bits per heavy atom. The minimum absolute atomic E-state index is 0.141. The van der Waals surface area contributed by atoms with Gasteiger partial charge in [-0.25, -0.2) is 19.9 Å². The number of nitrogens with zero attached hydrogens (tertiary/aromatic N) is 7. The maximum absolute atomic E-state index is 4.89. The second-order valence-corrected chi connectivity index (χ2v) is 8.11. The highest BCUT2D eigenvalue weighted by molar-refractivity contribution is 9.10. The Morgan fingerprint density at radius 2 is 2.03 bits per heavy atom. The van der Waals surface area contributed by atoms with Gasteiger partial charge in [0, 0.05) is 42.8 Å². The van der Waals surface area contributed by atoms with Gasteiger partial charge in [0.25, 0.3) is 0 Å². The van der Waals surface area contributed by atoms with Crippen LogP contribution in [0.4, 0.5) is 5.95 Å². The van der Waals surface area contributed by atoms with Crippen molar-refractivity contribution in [2.75, 3.05) is 11.4 Å². The third-order valence-corrected chi connectivity index (χ3v) is 5.72. The van der Waals surface area contributed by atoms with Crippen LogP contribution in [0.5, 0.6) is 0 Å². The van der Waals surface area contributed by atoms with E-state index in [4.69, 9.17) is 4.98 Å². The number of fused-ring (bicyclic) bond motifs is 1. The highest BCUT2D eigenvalue weighted by Gasteiger charge is 2.34. The van der Waals surface area contributed by atoms with Crippen molar-refractivity contribution in [2.24, 2.45) is 0 Å². The molecule has 0 amide bonds. The van der Waals surface area contributed by atoms with E-state index < -0.39 is 0 Å². The van der Waals surface area contributed by atoms with E-state index >= 15 is 0 Å². The summed E-state index contributed by atoms with van der Waals surface area (Å²) in [5.41, 5.74) is 3.62. The zero-order valence-corrected chi connectivity index (χ0v) is 17.6. The third kappa shape index (κ3) is 3.28. The molecule has 5 rings (SSSR count). The van der Waals surface area contributed by atoms with Crippen LogP contribution in [0.15, 0.2) is 47.9 Å². The molecule has 9 nitrogen and oxygen atoms in total. The van der Waals surface area contributed by atoms with Crippen molar-refractivity contribution in [2.45, 2.75) is 32.0 Å². The van der Waals surface area contributed by atoms with Crippen molar-refractivity contribution in [1.82, 2.24) is 39.9 Å². The number of rotatable bonds is 3. The lowest BCUT2D eigenvalue weighted by Crippen LogP contribution is -2.56. The van der Waals surface area contributed by atoms with E-state index in [9.17, 15) is 0 Å². The minimum atomic E-state index is 0.141. The monoisotopic (exact) mass is 453 g/mol. The number of H-pyrrole nitrogens is 1. The highest BCUT2D eigenvalue weighted by atomic mass is 79.9. The van der Waals surface area contributed by atoms with E-state index in [1.807, 2.05) is 35.3 Å². The molecular formula is C19H20BrN9. The van der Waals surface area contributed by atoms with Gasteiger partial charge >= 0.3 is 0 Å². The number of imidazole rings is 1. The molecule has 0 aliphatic carbocycles. The molecule has 1 aliphatic heterocycles. The minimum Gasteiger partial charge on any atom is -0.335 e. The van der Waals surface area contributed by atoms with Crippen LogP contribution in [-0.4, -0.2) is 53.2 Å². The Bertz CT molecular complexity index is 1140. The number of nitrogens with one attached hydrogen (secondary N) is 2. The largest absolute Gasteiger partial charge is 0.335 e. The second-order valence-electron chi connectivity index (χ2n) is 7.29. The molecule has 3 atom stereocenters. The first kappa shape index (κ1) is 18.2. The van der Waals surface area contributed by atoms with Gasteiger partial charge in [-0.2, -0.15) is 5.10 Å². The van der Waals surface area contributed by atoms with Crippen LogP contribution in [-0.2, 0) is 0 Å². The van der Waals surface area contributed by atoms with E-state index in [0.717, 1.165) is 33.7 Å². The fraction of sp³-hybridized carbons (Fsp3) is 0.316. The lowest BCUT2D eigenvalue weighted by Gasteiger charge is -2.43. The molecule has 3 unspecified atom stereocenters. The number of hydrogen-bond acceptors (Lipinski definition) is 7. The van der Waals surface area contributed by atoms with Crippen LogP contribution in [0.1, 0.15) is 25.5 Å². The predicted octanol–water partition coefficient (Wildman–Crippen LogP) is 2.60. The Labute approximate surface area is 175 Å². The van der Waals surface area contributed by atoms with Crippen molar-refractivity contribution in [3.63, 3.8) is 0 Å². The molecule has 0 saturated carbocycles. The first-order valence-electron chi connectivity index (χ1n) is 9.43. The molecule has 1 fully saturated rings. The second kappa shape index (κ2) is 7.20. The van der Waals surface area contributed by atoms with Gasteiger partial charge in [0.15, 0.2) is 5.65 Å². The maximum Gasteiger partial charge on any atom is 0.226 e. The van der Waals surface area contributed by atoms with E-state index in [1.54, 1.807) is 12.4 Å². The summed E-state index contributed by atoms with van der Waals surface area (Å²) in [7, 11) is 0. The van der Waals surface area contributed by atoms with Crippen molar-refractivity contribution < 1.29 is 0 Å². The summed E-state index contributed by atoms with van der Waals surface area (Å²) >= 11 is 3.43. The molecule has 4 aromatic rings. The summed E-state index contributed by atoms with van der Waals surface area (Å²) in [5.74, 6) is 0.708. The first-order chi connectivity index (χ1) is 14.1. The lowest BCUT2D eigenvalue weighted by atomic mass is 9.97. The number of aromatic nitrogens is 7. The average Bonchev–Trinajstić information content (AvgIpc) is 3.39. The summed E-state index contributed by atoms with van der Waals surface area (Å²) in [6, 6.07) is 2.50. The van der Waals surface area contributed by atoms with Crippen LogP contribution in [0, 0.1) is 0 Å². The van der Waals surface area contributed by atoms with Crippen LogP contribution >= 0.6 is 15.9 Å². The number of anilines is 1. The van der Waals surface area contributed by atoms with Crippen molar-refractivity contribution in [1.29, 1.82) is 0 Å². The molecular weight excluding hydrogens is 434 g/mol. The summed E-state index contributed by atoms with van der Waals surface area (Å²) in [4.78, 5) is 20.4. The van der Waals surface area contributed by atoms with Crippen LogP contribution in [0.3, 0.4) is 0 Å². The molecule has 29 heavy (non-hydrogen) atoms. The Kier molecular flexibility index (Phi) is 4.51. The zero-order valence-electron chi connectivity index (χ0n) is 16.0. The molecule has 4 aromatic heterocycles. The molecule has 1 saturated heterocycles. The van der Waals surface area contributed by atoms with Gasteiger partial charge < -0.3 is 10.2 Å². The van der Waals surface area contributed by atoms with Crippen LogP contribution in [0.2, 0.25) is 0 Å². The van der Waals surface area contributed by atoms with E-state index in [2.05, 4.69) is 65.1 Å². The van der Waals surface area contributed by atoms with E-state index in [0.29, 0.717) is 5.95 Å². The summed E-state index contributed by atoms with van der Waals surface area (Å²) in [6.07, 6.45) is 11.0. The van der Waals surface area contributed by atoms with E-state index in [1.165, 1.54) is 0 Å². The smallest absolute Gasteiger partial charge is 0.226 e. The molecule has 5 heterocycles. The van der Waals surface area contributed by atoms with Crippen molar-refractivity contribution >= 4 is 27.5 Å². The summed E-state index contributed by atoms with van der Waals surface area (Å²) < 4.78 is 2.72. The zero-order chi connectivity index (χ0) is 20.0. The maximum atomic E-state index is 4.89. The van der Waals surface area contributed by atoms with Gasteiger partial charge in [-0.15, -0.1) is 0 Å². The number of aromatic amines is 1. The lowest BCUT2D eigenvalue weighted by molar-refractivity contribution is 0.331. The molecule has 0 spiro atoms. The Morgan fingerprint density at radius 1 is 1.14 bits per heavy atom.